The predicted molar refractivity (Wildman–Crippen MR) is 174 cm³/mol. The first-order valence-electron chi connectivity index (χ1n) is 15.3. The molecule has 1 atom stereocenters. The number of hydrogen-bond acceptors (Lipinski definition) is 6. The van der Waals surface area contributed by atoms with E-state index in [2.05, 4.69) is 58.1 Å². The number of piperazine rings is 1. The van der Waals surface area contributed by atoms with Crippen LogP contribution in [0, 0.1) is 6.92 Å². The lowest BCUT2D eigenvalue weighted by Crippen LogP contribution is -2.56. The van der Waals surface area contributed by atoms with Gasteiger partial charge in [-0.2, -0.15) is 0 Å². The number of ether oxygens (including phenoxy) is 1. The van der Waals surface area contributed by atoms with Crippen molar-refractivity contribution >= 4 is 23.6 Å². The highest BCUT2D eigenvalue weighted by atomic mass is 32.2. The summed E-state index contributed by atoms with van der Waals surface area (Å²) in [7, 11) is 0. The molecular weight excluding hydrogens is 570 g/mol. The number of aryl methyl sites for hydroxylation is 1. The van der Waals surface area contributed by atoms with Crippen molar-refractivity contribution in [3.8, 4) is 5.69 Å². The second-order valence-corrected chi connectivity index (χ2v) is 12.4. The van der Waals surface area contributed by atoms with Gasteiger partial charge in [0.2, 0.25) is 11.8 Å². The van der Waals surface area contributed by atoms with Crippen molar-refractivity contribution in [1.29, 1.82) is 0 Å². The Morgan fingerprint density at radius 2 is 1.57 bits per heavy atom. The number of aromatic nitrogens is 3. The van der Waals surface area contributed by atoms with Gasteiger partial charge in [0.25, 0.3) is 0 Å². The van der Waals surface area contributed by atoms with Crippen molar-refractivity contribution in [3.05, 3.63) is 107 Å². The monoisotopic (exact) mass is 611 g/mol. The number of nitrogens with zero attached hydrogens (tertiary/aromatic N) is 5. The minimum Gasteiger partial charge on any atom is -0.367 e. The standard InChI is InChI=1S/C35H41N5O3S/c1-27-16-18-31(19-17-27)40-32(23-29-11-5-3-6-12-29)36-37-35(40)44-22-10-9-15-33(41)38-20-21-39(28(2)24-38)34(42)26-43-25-30-13-7-4-8-14-30/h3-8,11-14,16-19,28H,9-10,15,20-26H2,1-2H3. The smallest absolute Gasteiger partial charge is 0.248 e. The van der Waals surface area contributed by atoms with E-state index in [9.17, 15) is 9.59 Å². The second-order valence-electron chi connectivity index (χ2n) is 11.3. The zero-order valence-corrected chi connectivity index (χ0v) is 26.4. The van der Waals surface area contributed by atoms with Crippen LogP contribution in [0.4, 0.5) is 0 Å². The number of rotatable bonds is 13. The normalized spacial score (nSPS) is 15.0. The van der Waals surface area contributed by atoms with Crippen LogP contribution in [0.15, 0.2) is 90.1 Å². The van der Waals surface area contributed by atoms with Crippen LogP contribution in [-0.4, -0.2) is 74.4 Å². The zero-order chi connectivity index (χ0) is 30.7. The topological polar surface area (TPSA) is 80.6 Å². The molecule has 0 bridgehead atoms. The van der Waals surface area contributed by atoms with Crippen molar-refractivity contribution in [2.24, 2.45) is 0 Å². The molecular formula is C35H41N5O3S. The van der Waals surface area contributed by atoms with E-state index >= 15 is 0 Å². The van der Waals surface area contributed by atoms with Crippen molar-refractivity contribution in [2.45, 2.75) is 57.3 Å². The first-order chi connectivity index (χ1) is 21.5. The molecule has 0 saturated carbocycles. The van der Waals surface area contributed by atoms with Crippen molar-refractivity contribution in [1.82, 2.24) is 24.6 Å². The summed E-state index contributed by atoms with van der Waals surface area (Å²) in [6, 6.07) is 28.6. The molecule has 1 aliphatic rings. The molecule has 2 amide bonds. The summed E-state index contributed by atoms with van der Waals surface area (Å²) in [5.41, 5.74) is 4.50. The minimum absolute atomic E-state index is 0.0250. The molecule has 9 heteroatoms. The number of unbranched alkanes of at least 4 members (excludes halogenated alkanes) is 1. The molecule has 4 aromatic rings. The van der Waals surface area contributed by atoms with Gasteiger partial charge in [0, 0.05) is 50.0 Å². The predicted octanol–water partition coefficient (Wildman–Crippen LogP) is 5.71. The summed E-state index contributed by atoms with van der Waals surface area (Å²) in [6.07, 6.45) is 2.92. The molecule has 5 rings (SSSR count). The number of amides is 2. The Bertz CT molecular complexity index is 1490. The van der Waals surface area contributed by atoms with Crippen LogP contribution in [0.5, 0.6) is 0 Å². The highest BCUT2D eigenvalue weighted by molar-refractivity contribution is 7.99. The van der Waals surface area contributed by atoms with E-state index in [1.807, 2.05) is 65.3 Å². The van der Waals surface area contributed by atoms with Gasteiger partial charge in [0.05, 0.1) is 6.61 Å². The van der Waals surface area contributed by atoms with Crippen LogP contribution < -0.4 is 0 Å². The average Bonchev–Trinajstić information content (AvgIpc) is 3.43. The third-order valence-corrected chi connectivity index (χ3v) is 8.87. The van der Waals surface area contributed by atoms with Gasteiger partial charge in [-0.05, 0) is 49.9 Å². The van der Waals surface area contributed by atoms with E-state index in [1.54, 1.807) is 11.8 Å². The van der Waals surface area contributed by atoms with E-state index < -0.39 is 0 Å². The molecule has 0 aliphatic carbocycles. The largest absolute Gasteiger partial charge is 0.367 e. The van der Waals surface area contributed by atoms with Gasteiger partial charge in [0.15, 0.2) is 5.16 Å². The van der Waals surface area contributed by atoms with E-state index in [0.717, 1.165) is 40.8 Å². The molecule has 1 aromatic heterocycles. The van der Waals surface area contributed by atoms with Gasteiger partial charge >= 0.3 is 0 Å². The Balaban J connectivity index is 1.06. The van der Waals surface area contributed by atoms with Gasteiger partial charge in [0.1, 0.15) is 12.4 Å². The van der Waals surface area contributed by atoms with Gasteiger partial charge in [-0.15, -0.1) is 10.2 Å². The maximum absolute atomic E-state index is 13.0. The Morgan fingerprint density at radius 1 is 0.864 bits per heavy atom. The Kier molecular flexibility index (Phi) is 11.2. The fourth-order valence-electron chi connectivity index (χ4n) is 5.41. The Morgan fingerprint density at radius 3 is 2.27 bits per heavy atom. The van der Waals surface area contributed by atoms with Crippen LogP contribution in [0.25, 0.3) is 5.69 Å². The molecule has 1 saturated heterocycles. The van der Waals surface area contributed by atoms with Gasteiger partial charge < -0.3 is 14.5 Å². The average molecular weight is 612 g/mol. The van der Waals surface area contributed by atoms with Crippen LogP contribution >= 0.6 is 11.8 Å². The number of benzene rings is 3. The SMILES string of the molecule is Cc1ccc(-n2c(Cc3ccccc3)nnc2SCCCCC(=O)N2CCN(C(=O)COCc3ccccc3)C(C)C2)cc1. The summed E-state index contributed by atoms with van der Waals surface area (Å²) in [6.45, 7) is 6.21. The molecule has 0 radical (unpaired) electrons. The summed E-state index contributed by atoms with van der Waals surface area (Å²) >= 11 is 1.68. The summed E-state index contributed by atoms with van der Waals surface area (Å²) in [5, 5.41) is 9.96. The summed E-state index contributed by atoms with van der Waals surface area (Å²) in [4.78, 5) is 29.5. The van der Waals surface area contributed by atoms with Gasteiger partial charge in [-0.25, -0.2) is 0 Å². The van der Waals surface area contributed by atoms with Gasteiger partial charge in [-0.3, -0.25) is 14.2 Å². The number of carbonyl (C=O) groups excluding carboxylic acids is 2. The van der Waals surface area contributed by atoms with Crippen LogP contribution in [-0.2, 0) is 27.4 Å². The second kappa shape index (κ2) is 15.7. The van der Waals surface area contributed by atoms with Crippen molar-refractivity contribution in [3.63, 3.8) is 0 Å². The fourth-order valence-corrected chi connectivity index (χ4v) is 6.38. The summed E-state index contributed by atoms with van der Waals surface area (Å²) < 4.78 is 7.80. The first kappa shape index (κ1) is 31.5. The van der Waals surface area contributed by atoms with Crippen LogP contribution in [0.3, 0.4) is 0 Å². The maximum atomic E-state index is 13.0. The van der Waals surface area contributed by atoms with Crippen LogP contribution in [0.1, 0.15) is 48.7 Å². The number of hydrogen-bond donors (Lipinski definition) is 0. The highest BCUT2D eigenvalue weighted by Gasteiger charge is 2.29. The van der Waals surface area contributed by atoms with E-state index in [0.29, 0.717) is 39.1 Å². The Hall–Kier alpha value is -3.95. The number of thioether (sulfide) groups is 1. The fraction of sp³-hybridized carbons (Fsp3) is 0.371. The molecule has 230 valence electrons. The van der Waals surface area contributed by atoms with Gasteiger partial charge in [-0.1, -0.05) is 90.1 Å². The van der Waals surface area contributed by atoms with E-state index in [-0.39, 0.29) is 24.5 Å². The van der Waals surface area contributed by atoms with Crippen molar-refractivity contribution in [2.75, 3.05) is 32.0 Å². The van der Waals surface area contributed by atoms with Crippen molar-refractivity contribution < 1.29 is 14.3 Å². The highest BCUT2D eigenvalue weighted by Crippen LogP contribution is 2.25. The molecule has 8 nitrogen and oxygen atoms in total. The van der Waals surface area contributed by atoms with E-state index in [4.69, 9.17) is 4.74 Å². The van der Waals surface area contributed by atoms with E-state index in [1.165, 1.54) is 11.1 Å². The molecule has 0 spiro atoms. The Labute approximate surface area is 264 Å². The third kappa shape index (κ3) is 8.57. The maximum Gasteiger partial charge on any atom is 0.248 e. The van der Waals surface area contributed by atoms with Crippen LogP contribution in [0.2, 0.25) is 0 Å². The lowest BCUT2D eigenvalue weighted by Gasteiger charge is -2.40. The lowest BCUT2D eigenvalue weighted by molar-refractivity contribution is -0.146. The lowest BCUT2D eigenvalue weighted by atomic mass is 10.1. The first-order valence-corrected chi connectivity index (χ1v) is 16.3. The molecule has 0 N–H and O–H groups in total. The molecule has 1 unspecified atom stereocenters. The quantitative estimate of drug-likeness (QED) is 0.142. The molecule has 3 aromatic carbocycles. The molecule has 44 heavy (non-hydrogen) atoms. The zero-order valence-electron chi connectivity index (χ0n) is 25.6. The summed E-state index contributed by atoms with van der Waals surface area (Å²) in [5.74, 6) is 1.89. The minimum atomic E-state index is -0.0331. The molecule has 1 fully saturated rings. The molecule has 2 heterocycles. The number of carbonyl (C=O) groups is 2. The third-order valence-electron chi connectivity index (χ3n) is 7.85. The molecule has 1 aliphatic heterocycles.